The first-order valence-electron chi connectivity index (χ1n) is 7.18. The number of aliphatic hydroxyl groups is 1. The molecule has 0 aliphatic rings. The third-order valence-electron chi connectivity index (χ3n) is 3.11. The Morgan fingerprint density at radius 2 is 1.81 bits per heavy atom. The largest absolute Gasteiger partial charge is 0.481 e. The van der Waals surface area contributed by atoms with Crippen LogP contribution < -0.4 is 5.32 Å². The van der Waals surface area contributed by atoms with Gasteiger partial charge in [0.15, 0.2) is 0 Å². The van der Waals surface area contributed by atoms with Gasteiger partial charge in [0.1, 0.15) is 0 Å². The van der Waals surface area contributed by atoms with E-state index in [9.17, 15) is 14.7 Å². The zero-order valence-electron chi connectivity index (χ0n) is 12.5. The van der Waals surface area contributed by atoms with Gasteiger partial charge in [-0.05, 0) is 36.5 Å². The molecule has 1 aromatic rings. The highest BCUT2D eigenvalue weighted by atomic mass is 16.4. The zero-order valence-corrected chi connectivity index (χ0v) is 12.5. The van der Waals surface area contributed by atoms with Gasteiger partial charge in [0.05, 0.1) is 6.10 Å². The van der Waals surface area contributed by atoms with Crippen LogP contribution in [0.25, 0.3) is 0 Å². The fraction of sp³-hybridized carbons (Fsp3) is 0.500. The van der Waals surface area contributed by atoms with Gasteiger partial charge in [0.25, 0.3) is 5.91 Å². The van der Waals surface area contributed by atoms with Crippen LogP contribution in [0.1, 0.15) is 55.1 Å². The van der Waals surface area contributed by atoms with Crippen LogP contribution in [0, 0.1) is 5.92 Å². The number of hydrogen-bond donors (Lipinski definition) is 3. The van der Waals surface area contributed by atoms with Crippen LogP contribution in [0.15, 0.2) is 24.3 Å². The van der Waals surface area contributed by atoms with E-state index in [1.807, 2.05) is 13.8 Å². The lowest BCUT2D eigenvalue weighted by Gasteiger charge is -2.13. The number of rotatable bonds is 8. The molecule has 0 bridgehead atoms. The van der Waals surface area contributed by atoms with E-state index in [-0.39, 0.29) is 12.3 Å². The molecule has 3 N–H and O–H groups in total. The smallest absolute Gasteiger partial charge is 0.303 e. The van der Waals surface area contributed by atoms with Gasteiger partial charge in [0, 0.05) is 18.5 Å². The monoisotopic (exact) mass is 293 g/mol. The summed E-state index contributed by atoms with van der Waals surface area (Å²) in [6.07, 6.45) is 0.617. The first-order chi connectivity index (χ1) is 9.90. The zero-order chi connectivity index (χ0) is 15.8. The van der Waals surface area contributed by atoms with E-state index in [0.29, 0.717) is 30.9 Å². The number of carboxylic acids is 1. The molecule has 0 fully saturated rings. The lowest BCUT2D eigenvalue weighted by Crippen LogP contribution is -2.24. The molecular formula is C16H23NO4. The molecule has 5 nitrogen and oxygen atoms in total. The van der Waals surface area contributed by atoms with Crippen molar-refractivity contribution in [1.82, 2.24) is 5.32 Å². The van der Waals surface area contributed by atoms with E-state index in [2.05, 4.69) is 5.32 Å². The van der Waals surface area contributed by atoms with Gasteiger partial charge in [-0.2, -0.15) is 0 Å². The number of amides is 1. The van der Waals surface area contributed by atoms with Gasteiger partial charge in [-0.15, -0.1) is 0 Å². The third-order valence-corrected chi connectivity index (χ3v) is 3.11. The van der Waals surface area contributed by atoms with E-state index in [1.165, 1.54) is 0 Å². The molecule has 21 heavy (non-hydrogen) atoms. The SMILES string of the molecule is CC(C)CC(O)c1ccc(C(=O)NCCCC(=O)O)cc1. The summed E-state index contributed by atoms with van der Waals surface area (Å²) in [5, 5.41) is 21.2. The van der Waals surface area contributed by atoms with Crippen LogP contribution in [-0.2, 0) is 4.79 Å². The average Bonchev–Trinajstić information content (AvgIpc) is 2.42. The number of nitrogens with one attached hydrogen (secondary N) is 1. The van der Waals surface area contributed by atoms with Crippen LogP contribution >= 0.6 is 0 Å². The van der Waals surface area contributed by atoms with Gasteiger partial charge < -0.3 is 15.5 Å². The van der Waals surface area contributed by atoms with Crippen LogP contribution in [-0.4, -0.2) is 28.6 Å². The Bertz CT molecular complexity index is 468. The molecule has 0 aliphatic heterocycles. The summed E-state index contributed by atoms with van der Waals surface area (Å²) in [5.41, 5.74) is 1.30. The quantitative estimate of drug-likeness (QED) is 0.642. The molecule has 1 unspecified atom stereocenters. The van der Waals surface area contributed by atoms with Gasteiger partial charge in [-0.25, -0.2) is 0 Å². The standard InChI is InChI=1S/C16H23NO4/c1-11(2)10-14(18)12-5-7-13(8-6-12)16(21)17-9-3-4-15(19)20/h5-8,11,14,18H,3-4,9-10H2,1-2H3,(H,17,21)(H,19,20). The number of carboxylic acid groups (broad SMARTS) is 1. The van der Waals surface area contributed by atoms with Crippen molar-refractivity contribution in [3.05, 3.63) is 35.4 Å². The molecule has 0 spiro atoms. The summed E-state index contributed by atoms with van der Waals surface area (Å²) in [6, 6.07) is 6.84. The van der Waals surface area contributed by atoms with Crippen molar-refractivity contribution < 1.29 is 19.8 Å². The topological polar surface area (TPSA) is 86.6 Å². The number of hydrogen-bond acceptors (Lipinski definition) is 3. The van der Waals surface area contributed by atoms with Crippen LogP contribution in [0.4, 0.5) is 0 Å². The molecule has 0 aromatic heterocycles. The number of aliphatic hydroxyl groups excluding tert-OH is 1. The molecule has 5 heteroatoms. The van der Waals surface area contributed by atoms with Crippen molar-refractivity contribution in [2.24, 2.45) is 5.92 Å². The van der Waals surface area contributed by atoms with Crippen LogP contribution in [0.2, 0.25) is 0 Å². The summed E-state index contributed by atoms with van der Waals surface area (Å²) >= 11 is 0. The second-order valence-electron chi connectivity index (χ2n) is 5.52. The van der Waals surface area contributed by atoms with Gasteiger partial charge in [0.2, 0.25) is 0 Å². The summed E-state index contributed by atoms with van der Waals surface area (Å²) < 4.78 is 0. The second-order valence-corrected chi connectivity index (χ2v) is 5.52. The Morgan fingerprint density at radius 3 is 2.33 bits per heavy atom. The predicted octanol–water partition coefficient (Wildman–Crippen LogP) is 2.36. The summed E-state index contributed by atoms with van der Waals surface area (Å²) in [6.45, 7) is 4.42. The molecule has 0 aliphatic carbocycles. The Balaban J connectivity index is 2.49. The van der Waals surface area contributed by atoms with Crippen molar-refractivity contribution in [1.29, 1.82) is 0 Å². The molecule has 1 rings (SSSR count). The molecule has 0 radical (unpaired) electrons. The van der Waals surface area contributed by atoms with E-state index < -0.39 is 12.1 Å². The van der Waals surface area contributed by atoms with Crippen molar-refractivity contribution in [3.63, 3.8) is 0 Å². The van der Waals surface area contributed by atoms with E-state index in [0.717, 1.165) is 5.56 Å². The molecule has 0 saturated carbocycles. The average molecular weight is 293 g/mol. The summed E-state index contributed by atoms with van der Waals surface area (Å²) in [7, 11) is 0. The molecule has 116 valence electrons. The van der Waals surface area contributed by atoms with E-state index in [1.54, 1.807) is 24.3 Å². The fourth-order valence-electron chi connectivity index (χ4n) is 1.98. The van der Waals surface area contributed by atoms with Gasteiger partial charge in [-0.1, -0.05) is 26.0 Å². The minimum atomic E-state index is -0.868. The molecule has 1 atom stereocenters. The first-order valence-corrected chi connectivity index (χ1v) is 7.18. The maximum atomic E-state index is 11.8. The van der Waals surface area contributed by atoms with Crippen molar-refractivity contribution >= 4 is 11.9 Å². The highest BCUT2D eigenvalue weighted by Crippen LogP contribution is 2.21. The normalized spacial score (nSPS) is 12.2. The maximum absolute atomic E-state index is 11.8. The Morgan fingerprint density at radius 1 is 1.19 bits per heavy atom. The Labute approximate surface area is 125 Å². The molecule has 0 saturated heterocycles. The summed E-state index contributed by atoms with van der Waals surface area (Å²) in [4.78, 5) is 22.2. The van der Waals surface area contributed by atoms with E-state index >= 15 is 0 Å². The molecular weight excluding hydrogens is 270 g/mol. The van der Waals surface area contributed by atoms with Crippen LogP contribution in [0.3, 0.4) is 0 Å². The van der Waals surface area contributed by atoms with Crippen molar-refractivity contribution in [2.45, 2.75) is 39.2 Å². The van der Waals surface area contributed by atoms with E-state index in [4.69, 9.17) is 5.11 Å². The van der Waals surface area contributed by atoms with Gasteiger partial charge in [-0.3, -0.25) is 9.59 Å². The first kappa shape index (κ1) is 17.2. The second kappa shape index (κ2) is 8.42. The minimum absolute atomic E-state index is 0.0423. The van der Waals surface area contributed by atoms with Crippen molar-refractivity contribution in [3.8, 4) is 0 Å². The Hall–Kier alpha value is -1.88. The molecule has 0 heterocycles. The fourth-order valence-corrected chi connectivity index (χ4v) is 1.98. The number of aliphatic carboxylic acids is 1. The number of carbonyl (C=O) groups excluding carboxylic acids is 1. The predicted molar refractivity (Wildman–Crippen MR) is 80.1 cm³/mol. The molecule has 1 aromatic carbocycles. The van der Waals surface area contributed by atoms with Crippen molar-refractivity contribution in [2.75, 3.05) is 6.54 Å². The molecule has 1 amide bonds. The number of carbonyl (C=O) groups is 2. The van der Waals surface area contributed by atoms with Gasteiger partial charge >= 0.3 is 5.97 Å². The minimum Gasteiger partial charge on any atom is -0.481 e. The lowest BCUT2D eigenvalue weighted by molar-refractivity contribution is -0.137. The third kappa shape index (κ3) is 6.40. The Kier molecular flexibility index (Phi) is 6.88. The maximum Gasteiger partial charge on any atom is 0.303 e. The highest BCUT2D eigenvalue weighted by molar-refractivity contribution is 5.94. The highest BCUT2D eigenvalue weighted by Gasteiger charge is 2.11. The number of benzene rings is 1. The summed E-state index contributed by atoms with van der Waals surface area (Å²) in [5.74, 6) is -0.699. The lowest BCUT2D eigenvalue weighted by atomic mass is 9.99. The van der Waals surface area contributed by atoms with Crippen LogP contribution in [0.5, 0.6) is 0 Å².